The van der Waals surface area contributed by atoms with Crippen LogP contribution in [0.1, 0.15) is 18.2 Å². The highest BCUT2D eigenvalue weighted by molar-refractivity contribution is 7.26. The minimum atomic E-state index is -0.123. The van der Waals surface area contributed by atoms with Crippen molar-refractivity contribution < 1.29 is 4.79 Å². The van der Waals surface area contributed by atoms with Gasteiger partial charge in [0.25, 0.3) is 0 Å². The Balaban J connectivity index is 2.34. The van der Waals surface area contributed by atoms with Gasteiger partial charge < -0.3 is 5.32 Å². The Bertz CT molecular complexity index is 771. The third-order valence-corrected chi connectivity index (χ3v) is 3.87. The summed E-state index contributed by atoms with van der Waals surface area (Å²) >= 11 is 1.55. The van der Waals surface area contributed by atoms with Crippen LogP contribution in [0.5, 0.6) is 0 Å². The molecular formula is C12H12N4OS. The number of nitrogens with zero attached hydrogens (tertiary/aromatic N) is 2. The largest absolute Gasteiger partial charge is 0.308 e. The van der Waals surface area contributed by atoms with Crippen molar-refractivity contribution in [2.45, 2.75) is 20.8 Å². The monoisotopic (exact) mass is 260 g/mol. The lowest BCUT2D eigenvalue weighted by molar-refractivity contribution is -0.114. The van der Waals surface area contributed by atoms with Gasteiger partial charge in [0.15, 0.2) is 5.82 Å². The van der Waals surface area contributed by atoms with E-state index in [1.807, 2.05) is 13.0 Å². The maximum atomic E-state index is 11.1. The number of aromatic nitrogens is 3. The predicted octanol–water partition coefficient (Wildman–Crippen LogP) is 2.75. The lowest BCUT2D eigenvalue weighted by Crippen LogP contribution is -2.05. The number of thiophene rings is 1. The summed E-state index contributed by atoms with van der Waals surface area (Å²) in [7, 11) is 0. The zero-order valence-electron chi connectivity index (χ0n) is 10.3. The fraction of sp³-hybridized carbons (Fsp3) is 0.250. The van der Waals surface area contributed by atoms with E-state index < -0.39 is 0 Å². The molecule has 0 unspecified atom stereocenters. The van der Waals surface area contributed by atoms with Gasteiger partial charge >= 0.3 is 0 Å². The molecule has 0 saturated heterocycles. The number of hydrogen-bond donors (Lipinski definition) is 2. The second-order valence-electron chi connectivity index (χ2n) is 4.32. The summed E-state index contributed by atoms with van der Waals surface area (Å²) in [5.74, 6) is 0.458. The molecule has 0 radical (unpaired) electrons. The van der Waals surface area contributed by atoms with E-state index in [1.165, 1.54) is 12.5 Å². The number of aryl methyl sites for hydroxylation is 2. The SMILES string of the molecule is CC(=O)Nc1n[nH]c2c1sc1nc(C)cc(C)c12. The number of fused-ring (bicyclic) bond motifs is 3. The van der Waals surface area contributed by atoms with Crippen LogP contribution in [-0.4, -0.2) is 21.1 Å². The molecule has 0 aliphatic heterocycles. The molecule has 0 aromatic carbocycles. The van der Waals surface area contributed by atoms with Crippen molar-refractivity contribution in [2.75, 3.05) is 5.32 Å². The summed E-state index contributed by atoms with van der Waals surface area (Å²) in [6, 6.07) is 2.05. The van der Waals surface area contributed by atoms with Crippen LogP contribution >= 0.6 is 11.3 Å². The first-order valence-electron chi connectivity index (χ1n) is 5.58. The fourth-order valence-corrected chi connectivity index (χ4v) is 3.32. The summed E-state index contributed by atoms with van der Waals surface area (Å²) in [4.78, 5) is 16.6. The molecule has 0 bridgehead atoms. The minimum absolute atomic E-state index is 0.123. The van der Waals surface area contributed by atoms with E-state index in [4.69, 9.17) is 0 Å². The third-order valence-electron chi connectivity index (χ3n) is 2.78. The van der Waals surface area contributed by atoms with Gasteiger partial charge in [-0.1, -0.05) is 0 Å². The molecule has 2 N–H and O–H groups in total. The standard InChI is InChI=1S/C12H12N4OS/c1-5-4-6(2)13-12-8(5)9-10(18-12)11(16-15-9)14-7(3)17/h4H,1-3H3,(H2,14,15,16,17). The van der Waals surface area contributed by atoms with Crippen molar-refractivity contribution in [3.05, 3.63) is 17.3 Å². The lowest BCUT2D eigenvalue weighted by Gasteiger charge is -1.97. The van der Waals surface area contributed by atoms with Crippen molar-refractivity contribution in [2.24, 2.45) is 0 Å². The van der Waals surface area contributed by atoms with Crippen LogP contribution in [-0.2, 0) is 4.79 Å². The van der Waals surface area contributed by atoms with Gasteiger partial charge in [-0.05, 0) is 25.5 Å². The van der Waals surface area contributed by atoms with Gasteiger partial charge in [0.1, 0.15) is 4.83 Å². The molecule has 6 heteroatoms. The molecule has 92 valence electrons. The molecule has 0 aliphatic rings. The number of aromatic amines is 1. The molecule has 3 rings (SSSR count). The minimum Gasteiger partial charge on any atom is -0.308 e. The normalized spacial score (nSPS) is 11.3. The molecular weight excluding hydrogens is 248 g/mol. The van der Waals surface area contributed by atoms with Crippen LogP contribution in [0, 0.1) is 13.8 Å². The summed E-state index contributed by atoms with van der Waals surface area (Å²) in [6.07, 6.45) is 0. The van der Waals surface area contributed by atoms with Gasteiger partial charge in [-0.2, -0.15) is 5.10 Å². The van der Waals surface area contributed by atoms with E-state index in [0.29, 0.717) is 5.82 Å². The van der Waals surface area contributed by atoms with Crippen LogP contribution < -0.4 is 5.32 Å². The average molecular weight is 260 g/mol. The number of pyridine rings is 1. The molecule has 0 fully saturated rings. The van der Waals surface area contributed by atoms with Crippen LogP contribution in [0.4, 0.5) is 5.82 Å². The zero-order valence-corrected chi connectivity index (χ0v) is 11.1. The molecule has 3 heterocycles. The second-order valence-corrected chi connectivity index (χ2v) is 5.32. The van der Waals surface area contributed by atoms with E-state index >= 15 is 0 Å². The highest BCUT2D eigenvalue weighted by Gasteiger charge is 2.15. The van der Waals surface area contributed by atoms with Crippen molar-refractivity contribution in [3.8, 4) is 0 Å². The maximum Gasteiger partial charge on any atom is 0.222 e. The van der Waals surface area contributed by atoms with Gasteiger partial charge in [0.2, 0.25) is 5.91 Å². The first-order valence-corrected chi connectivity index (χ1v) is 6.40. The molecule has 0 aliphatic carbocycles. The third kappa shape index (κ3) is 1.57. The van der Waals surface area contributed by atoms with Gasteiger partial charge in [-0.25, -0.2) is 4.98 Å². The molecule has 0 spiro atoms. The number of nitrogens with one attached hydrogen (secondary N) is 2. The number of hydrogen-bond acceptors (Lipinski definition) is 4. The van der Waals surface area contributed by atoms with Crippen LogP contribution in [0.15, 0.2) is 6.07 Å². The summed E-state index contributed by atoms with van der Waals surface area (Å²) in [5.41, 5.74) is 3.11. The number of H-pyrrole nitrogens is 1. The molecule has 3 aromatic rings. The fourth-order valence-electron chi connectivity index (χ4n) is 2.13. The van der Waals surface area contributed by atoms with E-state index in [0.717, 1.165) is 26.1 Å². The number of amides is 1. The molecule has 5 nitrogen and oxygen atoms in total. The smallest absolute Gasteiger partial charge is 0.222 e. The molecule has 3 aromatic heterocycles. The lowest BCUT2D eigenvalue weighted by atomic mass is 10.2. The topological polar surface area (TPSA) is 70.7 Å². The summed E-state index contributed by atoms with van der Waals surface area (Å²) in [6.45, 7) is 5.51. The van der Waals surface area contributed by atoms with Gasteiger partial charge in [-0.15, -0.1) is 11.3 Å². The van der Waals surface area contributed by atoms with Gasteiger partial charge in [0, 0.05) is 18.0 Å². The van der Waals surface area contributed by atoms with Gasteiger partial charge in [0.05, 0.1) is 10.2 Å². The number of anilines is 1. The molecule has 0 saturated carbocycles. The van der Waals surface area contributed by atoms with Crippen LogP contribution in [0.25, 0.3) is 20.4 Å². The van der Waals surface area contributed by atoms with Crippen molar-refractivity contribution in [1.82, 2.24) is 15.2 Å². The van der Waals surface area contributed by atoms with Crippen molar-refractivity contribution >= 4 is 43.5 Å². The van der Waals surface area contributed by atoms with E-state index in [1.54, 1.807) is 11.3 Å². The highest BCUT2D eigenvalue weighted by atomic mass is 32.1. The molecule has 0 atom stereocenters. The van der Waals surface area contributed by atoms with Crippen molar-refractivity contribution in [1.29, 1.82) is 0 Å². The van der Waals surface area contributed by atoms with E-state index in [2.05, 4.69) is 27.4 Å². The Morgan fingerprint density at radius 1 is 1.44 bits per heavy atom. The zero-order chi connectivity index (χ0) is 12.9. The molecule has 18 heavy (non-hydrogen) atoms. The maximum absolute atomic E-state index is 11.1. The van der Waals surface area contributed by atoms with Crippen molar-refractivity contribution in [3.63, 3.8) is 0 Å². The van der Waals surface area contributed by atoms with E-state index in [9.17, 15) is 4.79 Å². The summed E-state index contributed by atoms with van der Waals surface area (Å²) < 4.78 is 0.946. The Hall–Kier alpha value is -1.95. The number of carbonyl (C=O) groups is 1. The Morgan fingerprint density at radius 2 is 2.22 bits per heavy atom. The number of carbonyl (C=O) groups excluding carboxylic acids is 1. The Kier molecular flexibility index (Phi) is 2.34. The van der Waals surface area contributed by atoms with Gasteiger partial charge in [-0.3, -0.25) is 9.89 Å². The Morgan fingerprint density at radius 3 is 2.94 bits per heavy atom. The first kappa shape index (κ1) is 11.2. The highest BCUT2D eigenvalue weighted by Crippen LogP contribution is 2.37. The number of rotatable bonds is 1. The Labute approximate surface area is 107 Å². The second kappa shape index (κ2) is 3.78. The average Bonchev–Trinajstić information content (AvgIpc) is 2.77. The molecule has 1 amide bonds. The predicted molar refractivity (Wildman–Crippen MR) is 73.0 cm³/mol. The quantitative estimate of drug-likeness (QED) is 0.706. The van der Waals surface area contributed by atoms with E-state index in [-0.39, 0.29) is 5.91 Å². The van der Waals surface area contributed by atoms with Crippen LogP contribution in [0.2, 0.25) is 0 Å². The first-order chi connectivity index (χ1) is 8.56. The summed E-state index contributed by atoms with van der Waals surface area (Å²) in [5, 5.41) is 10.9. The van der Waals surface area contributed by atoms with Crippen LogP contribution in [0.3, 0.4) is 0 Å².